The predicted molar refractivity (Wildman–Crippen MR) is 133 cm³/mol. The maximum atomic E-state index is 13.4. The van der Waals surface area contributed by atoms with Crippen LogP contribution in [0.2, 0.25) is 5.02 Å². The fourth-order valence-corrected chi connectivity index (χ4v) is 5.18. The van der Waals surface area contributed by atoms with E-state index >= 15 is 0 Å². The van der Waals surface area contributed by atoms with Crippen LogP contribution in [-0.2, 0) is 33.7 Å². The Morgan fingerprint density at radius 2 is 1.92 bits per heavy atom. The first-order valence-electron chi connectivity index (χ1n) is 12.1. The third-order valence-corrected chi connectivity index (χ3v) is 6.85. The maximum absolute atomic E-state index is 13.4. The van der Waals surface area contributed by atoms with Gasteiger partial charge < -0.3 is 20.3 Å². The summed E-state index contributed by atoms with van der Waals surface area (Å²) < 4.78 is 45.0. The van der Waals surface area contributed by atoms with Crippen molar-refractivity contribution in [3.8, 4) is 0 Å². The molecule has 0 saturated carbocycles. The molecule has 0 unspecified atom stereocenters. The molecular formula is C26H28ClF3N4O4. The Bertz CT molecular complexity index is 1230. The second kappa shape index (κ2) is 11.2. The molecule has 0 radical (unpaired) electrons. The molecule has 2 saturated heterocycles. The van der Waals surface area contributed by atoms with Crippen molar-refractivity contribution in [3.63, 3.8) is 0 Å². The smallest absolute Gasteiger partial charge is 0.416 e. The number of piperazine rings is 1. The number of hydrogen-bond donors (Lipinski definition) is 1. The summed E-state index contributed by atoms with van der Waals surface area (Å²) in [4.78, 5) is 43.7. The zero-order valence-electron chi connectivity index (χ0n) is 20.7. The van der Waals surface area contributed by atoms with Crippen LogP contribution in [0.3, 0.4) is 0 Å². The Balaban J connectivity index is 1.55. The summed E-state index contributed by atoms with van der Waals surface area (Å²) in [7, 11) is 0. The highest BCUT2D eigenvalue weighted by atomic mass is 35.5. The number of amides is 3. The van der Waals surface area contributed by atoms with Crippen molar-refractivity contribution < 1.29 is 32.3 Å². The molecule has 38 heavy (non-hydrogen) atoms. The Hall–Kier alpha value is -3.31. The van der Waals surface area contributed by atoms with E-state index in [0.717, 1.165) is 17.7 Å². The fraction of sp³-hybridized carbons (Fsp3) is 0.423. The molecule has 3 amide bonds. The lowest BCUT2D eigenvalue weighted by Gasteiger charge is -2.51. The van der Waals surface area contributed by atoms with Gasteiger partial charge in [-0.05, 0) is 55.3 Å². The number of ether oxygens (including phenoxy) is 1. The first kappa shape index (κ1) is 27.7. The van der Waals surface area contributed by atoms with Gasteiger partial charge in [-0.3, -0.25) is 14.5 Å². The van der Waals surface area contributed by atoms with Crippen LogP contribution in [0.1, 0.15) is 35.1 Å². The molecule has 2 atom stereocenters. The summed E-state index contributed by atoms with van der Waals surface area (Å²) in [6.45, 7) is 1.60. The zero-order valence-corrected chi connectivity index (χ0v) is 21.5. The second-order valence-electron chi connectivity index (χ2n) is 9.43. The minimum Gasteiger partial charge on any atom is -0.444 e. The van der Waals surface area contributed by atoms with Crippen LogP contribution < -0.4 is 5.73 Å². The Labute approximate surface area is 223 Å². The third kappa shape index (κ3) is 6.05. The average molecular weight is 553 g/mol. The van der Waals surface area contributed by atoms with Gasteiger partial charge in [0, 0.05) is 24.5 Å². The number of benzene rings is 2. The molecule has 204 valence electrons. The van der Waals surface area contributed by atoms with Crippen molar-refractivity contribution in [2.45, 2.75) is 51.3 Å². The fourth-order valence-electron chi connectivity index (χ4n) is 4.96. The highest BCUT2D eigenvalue weighted by molar-refractivity contribution is 6.30. The van der Waals surface area contributed by atoms with E-state index < -0.39 is 30.0 Å². The topological polar surface area (TPSA) is 96.2 Å². The molecule has 4 rings (SSSR count). The van der Waals surface area contributed by atoms with Crippen molar-refractivity contribution in [1.29, 1.82) is 0 Å². The molecular weight excluding hydrogens is 525 g/mol. The van der Waals surface area contributed by atoms with Crippen molar-refractivity contribution in [3.05, 3.63) is 69.7 Å². The van der Waals surface area contributed by atoms with E-state index in [-0.39, 0.29) is 63.0 Å². The Morgan fingerprint density at radius 1 is 1.16 bits per heavy atom. The quantitative estimate of drug-likeness (QED) is 0.586. The van der Waals surface area contributed by atoms with Gasteiger partial charge in [0.15, 0.2) is 0 Å². The van der Waals surface area contributed by atoms with Crippen LogP contribution in [0.25, 0.3) is 0 Å². The van der Waals surface area contributed by atoms with Crippen LogP contribution in [-0.4, -0.2) is 64.4 Å². The van der Waals surface area contributed by atoms with Gasteiger partial charge in [0.1, 0.15) is 18.8 Å². The number of hydrogen-bond acceptors (Lipinski definition) is 5. The molecule has 0 aromatic heterocycles. The SMILES string of the molecule is Cc1cc(COC(=O)N2CCC(=O)N3[C@@H]2CN(Cc2cccc(Cl)c2)C(=O)[C@@H]3CCN)cc(C(F)(F)F)c1. The van der Waals surface area contributed by atoms with Gasteiger partial charge in [0.05, 0.1) is 12.1 Å². The van der Waals surface area contributed by atoms with E-state index in [1.165, 1.54) is 22.8 Å². The molecule has 2 heterocycles. The van der Waals surface area contributed by atoms with Gasteiger partial charge in [-0.1, -0.05) is 35.4 Å². The first-order valence-corrected chi connectivity index (χ1v) is 12.5. The van der Waals surface area contributed by atoms with Crippen LogP contribution >= 0.6 is 11.6 Å². The largest absolute Gasteiger partial charge is 0.444 e. The molecule has 12 heteroatoms. The summed E-state index contributed by atoms with van der Waals surface area (Å²) in [6.07, 6.45) is -5.93. The molecule has 2 aliphatic rings. The number of rotatable bonds is 6. The molecule has 0 spiro atoms. The number of nitrogens with zero attached hydrogens (tertiary/aromatic N) is 3. The number of fused-ring (bicyclic) bond motifs is 1. The molecule has 8 nitrogen and oxygen atoms in total. The van der Waals surface area contributed by atoms with E-state index in [4.69, 9.17) is 22.1 Å². The van der Waals surface area contributed by atoms with E-state index in [1.54, 1.807) is 23.1 Å². The van der Waals surface area contributed by atoms with E-state index in [9.17, 15) is 27.6 Å². The van der Waals surface area contributed by atoms with Crippen LogP contribution in [0, 0.1) is 6.92 Å². The number of aryl methyl sites for hydroxylation is 1. The molecule has 2 fully saturated rings. The lowest BCUT2D eigenvalue weighted by atomic mass is 10.0. The van der Waals surface area contributed by atoms with Gasteiger partial charge >= 0.3 is 12.3 Å². The Morgan fingerprint density at radius 3 is 2.61 bits per heavy atom. The van der Waals surface area contributed by atoms with Gasteiger partial charge in [0.25, 0.3) is 0 Å². The lowest BCUT2D eigenvalue weighted by molar-refractivity contribution is -0.168. The average Bonchev–Trinajstić information content (AvgIpc) is 2.84. The highest BCUT2D eigenvalue weighted by Gasteiger charge is 2.48. The predicted octanol–water partition coefficient (Wildman–Crippen LogP) is 3.92. The summed E-state index contributed by atoms with van der Waals surface area (Å²) in [5, 5.41) is 0.509. The van der Waals surface area contributed by atoms with Gasteiger partial charge in [-0.25, -0.2) is 4.79 Å². The minimum absolute atomic E-state index is 0.0170. The van der Waals surface area contributed by atoms with Gasteiger partial charge in [-0.2, -0.15) is 13.2 Å². The number of alkyl halides is 3. The zero-order chi connectivity index (χ0) is 27.6. The van der Waals surface area contributed by atoms with Gasteiger partial charge in [0.2, 0.25) is 11.8 Å². The van der Waals surface area contributed by atoms with Crippen LogP contribution in [0.4, 0.5) is 18.0 Å². The standard InChI is InChI=1S/C26H28ClF3N4O4/c1-16-9-18(11-19(10-16)26(28,29)30)15-38-25(37)33-8-6-23(35)34-21(5-7-31)24(36)32(14-22(33)34)13-17-3-2-4-20(27)12-17/h2-4,9-12,21-22H,5-8,13-15,31H2,1H3/t21-,22+/m0/s1. The summed E-state index contributed by atoms with van der Waals surface area (Å²) in [5.41, 5.74) is 6.28. The van der Waals surface area contributed by atoms with Crippen molar-refractivity contribution in [2.24, 2.45) is 5.73 Å². The summed E-state index contributed by atoms with van der Waals surface area (Å²) in [6, 6.07) is 9.64. The Kier molecular flexibility index (Phi) is 8.17. The molecule has 2 N–H and O–H groups in total. The second-order valence-corrected chi connectivity index (χ2v) is 9.86. The molecule has 2 aliphatic heterocycles. The summed E-state index contributed by atoms with van der Waals surface area (Å²) in [5.74, 6) is -0.559. The van der Waals surface area contributed by atoms with Crippen LogP contribution in [0.15, 0.2) is 42.5 Å². The highest BCUT2D eigenvalue weighted by Crippen LogP contribution is 2.32. The first-order chi connectivity index (χ1) is 18.0. The normalized spacial score (nSPS) is 20.0. The number of halogens is 4. The molecule has 2 aromatic carbocycles. The lowest BCUT2D eigenvalue weighted by Crippen LogP contribution is -2.71. The van der Waals surface area contributed by atoms with E-state index in [0.29, 0.717) is 10.6 Å². The molecule has 2 aromatic rings. The maximum Gasteiger partial charge on any atom is 0.416 e. The summed E-state index contributed by atoms with van der Waals surface area (Å²) >= 11 is 6.10. The van der Waals surface area contributed by atoms with E-state index in [2.05, 4.69) is 0 Å². The third-order valence-electron chi connectivity index (χ3n) is 6.62. The van der Waals surface area contributed by atoms with Crippen molar-refractivity contribution >= 4 is 29.5 Å². The van der Waals surface area contributed by atoms with Crippen molar-refractivity contribution in [2.75, 3.05) is 19.6 Å². The molecule has 0 aliphatic carbocycles. The van der Waals surface area contributed by atoms with Crippen LogP contribution in [0.5, 0.6) is 0 Å². The number of carbonyl (C=O) groups excluding carboxylic acids is 3. The van der Waals surface area contributed by atoms with Gasteiger partial charge in [-0.15, -0.1) is 0 Å². The minimum atomic E-state index is -4.53. The van der Waals surface area contributed by atoms with E-state index in [1.807, 2.05) is 6.07 Å². The number of nitrogens with two attached hydrogens (primary N) is 1. The van der Waals surface area contributed by atoms with Crippen molar-refractivity contribution in [1.82, 2.24) is 14.7 Å². The number of carbonyl (C=O) groups is 3. The monoisotopic (exact) mass is 552 g/mol. The molecule has 0 bridgehead atoms.